The Balaban J connectivity index is 1.53. The summed E-state index contributed by atoms with van der Waals surface area (Å²) < 4.78 is 11.8. The number of fused-ring (bicyclic) bond motifs is 3. The zero-order valence-electron chi connectivity index (χ0n) is 16.0. The minimum Gasteiger partial charge on any atom is -0.494 e. The van der Waals surface area contributed by atoms with Gasteiger partial charge in [0.15, 0.2) is 5.78 Å². The number of ketones is 1. The SMILES string of the molecule is CCCOc1ccc2c(c1)C(=O)c1cccc(OCCN3CCCCC3)c1-2. The van der Waals surface area contributed by atoms with Crippen LogP contribution in [0.15, 0.2) is 36.4 Å². The van der Waals surface area contributed by atoms with Crippen molar-refractivity contribution >= 4 is 5.78 Å². The van der Waals surface area contributed by atoms with Crippen LogP contribution in [0.4, 0.5) is 0 Å². The summed E-state index contributed by atoms with van der Waals surface area (Å²) in [6.45, 7) is 6.65. The molecule has 0 saturated carbocycles. The molecule has 0 N–H and O–H groups in total. The molecule has 0 atom stereocenters. The lowest BCUT2D eigenvalue weighted by molar-refractivity contribution is 0.104. The van der Waals surface area contributed by atoms with Crippen molar-refractivity contribution in [1.82, 2.24) is 4.90 Å². The second-order valence-electron chi connectivity index (χ2n) is 7.31. The summed E-state index contributed by atoms with van der Waals surface area (Å²) in [6.07, 6.45) is 4.85. The molecule has 0 radical (unpaired) electrons. The summed E-state index contributed by atoms with van der Waals surface area (Å²) in [7, 11) is 0. The lowest BCUT2D eigenvalue weighted by Gasteiger charge is -2.26. The Hall–Kier alpha value is -2.33. The van der Waals surface area contributed by atoms with Crippen molar-refractivity contribution in [3.8, 4) is 22.6 Å². The standard InChI is InChI=1S/C23H27NO3/c1-2-14-26-17-9-10-18-20(16-17)23(25)19-7-6-8-21(22(18)19)27-15-13-24-11-4-3-5-12-24/h6-10,16H,2-5,11-15H2,1H3. The van der Waals surface area contributed by atoms with E-state index >= 15 is 0 Å². The Morgan fingerprint density at radius 3 is 2.59 bits per heavy atom. The number of rotatable bonds is 7. The van der Waals surface area contributed by atoms with Crippen molar-refractivity contribution in [2.24, 2.45) is 0 Å². The van der Waals surface area contributed by atoms with Crippen LogP contribution in [0, 0.1) is 0 Å². The van der Waals surface area contributed by atoms with E-state index in [1.54, 1.807) is 0 Å². The number of piperidine rings is 1. The van der Waals surface area contributed by atoms with Gasteiger partial charge in [0, 0.05) is 23.2 Å². The fraction of sp³-hybridized carbons (Fsp3) is 0.435. The predicted molar refractivity (Wildman–Crippen MR) is 107 cm³/mol. The summed E-state index contributed by atoms with van der Waals surface area (Å²) in [5.41, 5.74) is 3.32. The van der Waals surface area contributed by atoms with E-state index in [9.17, 15) is 4.79 Å². The van der Waals surface area contributed by atoms with Crippen LogP contribution < -0.4 is 9.47 Å². The third-order valence-electron chi connectivity index (χ3n) is 5.36. The molecule has 0 bridgehead atoms. The molecular formula is C23H27NO3. The van der Waals surface area contributed by atoms with Crippen LogP contribution in [-0.4, -0.2) is 43.5 Å². The number of benzene rings is 2. The van der Waals surface area contributed by atoms with Gasteiger partial charge >= 0.3 is 0 Å². The molecule has 1 saturated heterocycles. The molecular weight excluding hydrogens is 338 g/mol. The lowest BCUT2D eigenvalue weighted by Crippen LogP contribution is -2.33. The molecule has 2 aromatic carbocycles. The van der Waals surface area contributed by atoms with Crippen molar-refractivity contribution in [2.75, 3.05) is 32.8 Å². The number of likely N-dealkylation sites (tertiary alicyclic amines) is 1. The molecule has 142 valence electrons. The Bertz CT molecular complexity index is 824. The molecule has 0 spiro atoms. The van der Waals surface area contributed by atoms with Crippen molar-refractivity contribution in [1.29, 1.82) is 0 Å². The number of hydrogen-bond acceptors (Lipinski definition) is 4. The fourth-order valence-electron chi connectivity index (χ4n) is 3.97. The van der Waals surface area contributed by atoms with Gasteiger partial charge in [0.05, 0.1) is 6.61 Å². The third kappa shape index (κ3) is 3.72. The Kier molecular flexibility index (Phi) is 5.44. The van der Waals surface area contributed by atoms with Gasteiger partial charge < -0.3 is 9.47 Å². The summed E-state index contributed by atoms with van der Waals surface area (Å²) in [5.74, 6) is 1.62. The highest BCUT2D eigenvalue weighted by Crippen LogP contribution is 2.43. The second-order valence-corrected chi connectivity index (χ2v) is 7.31. The molecule has 0 aromatic heterocycles. The molecule has 1 aliphatic carbocycles. The Labute approximate surface area is 161 Å². The summed E-state index contributed by atoms with van der Waals surface area (Å²) in [5, 5.41) is 0. The fourth-order valence-corrected chi connectivity index (χ4v) is 3.97. The molecule has 2 aromatic rings. The van der Waals surface area contributed by atoms with Gasteiger partial charge in [-0.1, -0.05) is 25.5 Å². The topological polar surface area (TPSA) is 38.8 Å². The minimum atomic E-state index is 0.0587. The van der Waals surface area contributed by atoms with E-state index in [0.29, 0.717) is 18.8 Å². The van der Waals surface area contributed by atoms with E-state index in [4.69, 9.17) is 9.47 Å². The van der Waals surface area contributed by atoms with Crippen LogP contribution in [0.1, 0.15) is 48.5 Å². The molecule has 4 heteroatoms. The third-order valence-corrected chi connectivity index (χ3v) is 5.36. The van der Waals surface area contributed by atoms with Gasteiger partial charge in [-0.3, -0.25) is 9.69 Å². The molecule has 27 heavy (non-hydrogen) atoms. The molecule has 2 aliphatic rings. The van der Waals surface area contributed by atoms with Gasteiger partial charge in [0.1, 0.15) is 18.1 Å². The van der Waals surface area contributed by atoms with Crippen LogP contribution in [0.25, 0.3) is 11.1 Å². The number of carbonyl (C=O) groups excluding carboxylic acids is 1. The smallest absolute Gasteiger partial charge is 0.194 e. The van der Waals surface area contributed by atoms with Gasteiger partial charge in [-0.25, -0.2) is 0 Å². The number of carbonyl (C=O) groups is 1. The number of ether oxygens (including phenoxy) is 2. The average Bonchev–Trinajstić information content (AvgIpc) is 3.00. The molecule has 4 nitrogen and oxygen atoms in total. The highest BCUT2D eigenvalue weighted by molar-refractivity contribution is 6.22. The maximum Gasteiger partial charge on any atom is 0.194 e. The highest BCUT2D eigenvalue weighted by Gasteiger charge is 2.30. The van der Waals surface area contributed by atoms with Crippen LogP contribution in [-0.2, 0) is 0 Å². The van der Waals surface area contributed by atoms with Gasteiger partial charge in [0.2, 0.25) is 0 Å². The Morgan fingerprint density at radius 1 is 0.926 bits per heavy atom. The van der Waals surface area contributed by atoms with E-state index in [-0.39, 0.29) is 5.78 Å². The van der Waals surface area contributed by atoms with Crippen molar-refractivity contribution in [3.63, 3.8) is 0 Å². The molecule has 1 fully saturated rings. The molecule has 0 unspecified atom stereocenters. The quantitative estimate of drug-likeness (QED) is 0.616. The average molecular weight is 365 g/mol. The Morgan fingerprint density at radius 2 is 1.78 bits per heavy atom. The second kappa shape index (κ2) is 8.13. The molecule has 4 rings (SSSR count). The van der Waals surface area contributed by atoms with Gasteiger partial charge in [-0.2, -0.15) is 0 Å². The van der Waals surface area contributed by atoms with Crippen LogP contribution in [0.2, 0.25) is 0 Å². The number of hydrogen-bond donors (Lipinski definition) is 0. The van der Waals surface area contributed by atoms with E-state index in [2.05, 4.69) is 11.8 Å². The van der Waals surface area contributed by atoms with Crippen molar-refractivity contribution < 1.29 is 14.3 Å². The van der Waals surface area contributed by atoms with E-state index < -0.39 is 0 Å². The summed E-state index contributed by atoms with van der Waals surface area (Å²) in [4.78, 5) is 15.3. The predicted octanol–water partition coefficient (Wildman–Crippen LogP) is 4.55. The molecule has 1 aliphatic heterocycles. The van der Waals surface area contributed by atoms with E-state index in [1.807, 2.05) is 36.4 Å². The maximum atomic E-state index is 12.9. The minimum absolute atomic E-state index is 0.0587. The lowest BCUT2D eigenvalue weighted by atomic mass is 10.0. The zero-order chi connectivity index (χ0) is 18.6. The largest absolute Gasteiger partial charge is 0.494 e. The van der Waals surface area contributed by atoms with Crippen LogP contribution >= 0.6 is 0 Å². The van der Waals surface area contributed by atoms with Crippen LogP contribution in [0.5, 0.6) is 11.5 Å². The van der Waals surface area contributed by atoms with E-state index in [0.717, 1.165) is 54.2 Å². The van der Waals surface area contributed by atoms with E-state index in [1.165, 1.54) is 19.3 Å². The molecule has 0 amide bonds. The maximum absolute atomic E-state index is 12.9. The summed E-state index contributed by atoms with van der Waals surface area (Å²) in [6, 6.07) is 11.6. The van der Waals surface area contributed by atoms with Gasteiger partial charge in [-0.15, -0.1) is 0 Å². The normalized spacial score (nSPS) is 16.1. The first-order chi connectivity index (χ1) is 13.3. The van der Waals surface area contributed by atoms with Crippen molar-refractivity contribution in [2.45, 2.75) is 32.6 Å². The highest BCUT2D eigenvalue weighted by atomic mass is 16.5. The van der Waals surface area contributed by atoms with Crippen molar-refractivity contribution in [3.05, 3.63) is 47.5 Å². The molecule has 1 heterocycles. The van der Waals surface area contributed by atoms with Crippen LogP contribution in [0.3, 0.4) is 0 Å². The first kappa shape index (κ1) is 18.1. The van der Waals surface area contributed by atoms with Gasteiger partial charge in [-0.05, 0) is 62.2 Å². The first-order valence-electron chi connectivity index (χ1n) is 10.1. The monoisotopic (exact) mass is 365 g/mol. The summed E-state index contributed by atoms with van der Waals surface area (Å²) >= 11 is 0. The zero-order valence-corrected chi connectivity index (χ0v) is 16.0. The number of nitrogens with zero attached hydrogens (tertiary/aromatic N) is 1. The first-order valence-corrected chi connectivity index (χ1v) is 10.1. The van der Waals surface area contributed by atoms with Gasteiger partial charge in [0.25, 0.3) is 0 Å².